The van der Waals surface area contributed by atoms with Crippen LogP contribution in [0.25, 0.3) is 0 Å². The molecule has 0 aliphatic heterocycles. The molecule has 14 heteroatoms. The van der Waals surface area contributed by atoms with Crippen LogP contribution in [0, 0.1) is 22.7 Å². The van der Waals surface area contributed by atoms with E-state index in [-0.39, 0.29) is 0 Å². The molecular formula is C30H42N10O2Si2. The summed E-state index contributed by atoms with van der Waals surface area (Å²) < 4.78 is 14.7. The largest absolute Gasteiger partial charge is 0.360 e. The summed E-state index contributed by atoms with van der Waals surface area (Å²) in [6, 6.07) is 13.8. The molecule has 2 N–H and O–H groups in total. The summed E-state index contributed by atoms with van der Waals surface area (Å²) in [5, 5.41) is 33.3. The fourth-order valence-corrected chi connectivity index (χ4v) is 5.08. The van der Waals surface area contributed by atoms with Gasteiger partial charge < -0.3 is 20.1 Å². The average molecular weight is 631 g/mol. The third kappa shape index (κ3) is 12.1. The van der Waals surface area contributed by atoms with Gasteiger partial charge in [-0.3, -0.25) is 9.97 Å². The van der Waals surface area contributed by atoms with Crippen molar-refractivity contribution in [3.8, 4) is 12.1 Å². The number of hydrogen-bond donors (Lipinski definition) is 2. The van der Waals surface area contributed by atoms with Crippen LogP contribution < -0.4 is 10.6 Å². The van der Waals surface area contributed by atoms with Crippen LogP contribution in [0.15, 0.2) is 61.4 Å². The van der Waals surface area contributed by atoms with Gasteiger partial charge in [0.05, 0.1) is 6.20 Å². The lowest BCUT2D eigenvalue weighted by atomic mass is 10.3. The van der Waals surface area contributed by atoms with Gasteiger partial charge in [0, 0.05) is 71.7 Å². The first-order chi connectivity index (χ1) is 21.0. The van der Waals surface area contributed by atoms with E-state index in [9.17, 15) is 10.5 Å². The minimum Gasteiger partial charge on any atom is -0.360 e. The molecule has 4 heterocycles. The van der Waals surface area contributed by atoms with E-state index < -0.39 is 16.1 Å². The zero-order valence-corrected chi connectivity index (χ0v) is 28.4. The molecule has 0 saturated heterocycles. The van der Waals surface area contributed by atoms with Crippen LogP contribution in [0.3, 0.4) is 0 Å². The summed E-state index contributed by atoms with van der Waals surface area (Å²) in [6.07, 6.45) is 10.00. The zero-order chi connectivity index (χ0) is 32.0. The second-order valence-electron chi connectivity index (χ2n) is 12.5. The summed E-state index contributed by atoms with van der Waals surface area (Å²) >= 11 is 0. The molecule has 0 bridgehead atoms. The first-order valence-electron chi connectivity index (χ1n) is 14.4. The standard InChI is InChI=1S/2C15H21N5OSi/c1-22(2,3)9-8-21-12-20-11-13(10-16)15(19-20)18-14-4-6-17-7-5-14;1-22(2,3)9-8-21-12-20-15(13(10-16)11-18-20)19-14-4-6-17-7-5-14/h4-7,11H,8-9,12H2,1-3H3,(H,17,18,19);4-7,11H,8-9,12H2,1-3H3,(H,17,19). The molecule has 232 valence electrons. The molecule has 0 aromatic carbocycles. The molecule has 0 fully saturated rings. The van der Waals surface area contributed by atoms with E-state index >= 15 is 0 Å². The van der Waals surface area contributed by atoms with E-state index in [1.165, 1.54) is 0 Å². The maximum atomic E-state index is 9.20. The fourth-order valence-electron chi connectivity index (χ4n) is 3.57. The zero-order valence-electron chi connectivity index (χ0n) is 26.4. The molecule has 0 saturated carbocycles. The van der Waals surface area contributed by atoms with Crippen LogP contribution in [0.2, 0.25) is 51.4 Å². The Morgan fingerprint density at radius 1 is 0.750 bits per heavy atom. The van der Waals surface area contributed by atoms with E-state index in [0.717, 1.165) is 30.1 Å². The van der Waals surface area contributed by atoms with Gasteiger partial charge in [0.2, 0.25) is 0 Å². The van der Waals surface area contributed by atoms with Crippen molar-refractivity contribution in [1.29, 1.82) is 10.5 Å². The monoisotopic (exact) mass is 630 g/mol. The van der Waals surface area contributed by atoms with Crippen LogP contribution in [0.5, 0.6) is 0 Å². The van der Waals surface area contributed by atoms with Crippen LogP contribution in [0.1, 0.15) is 11.1 Å². The molecule has 0 aliphatic rings. The normalized spacial score (nSPS) is 11.2. The Bertz CT molecular complexity index is 1500. The van der Waals surface area contributed by atoms with E-state index in [0.29, 0.717) is 42.8 Å². The summed E-state index contributed by atoms with van der Waals surface area (Å²) in [4.78, 5) is 7.93. The third-order valence-corrected chi connectivity index (χ3v) is 9.57. The molecule has 0 spiro atoms. The van der Waals surface area contributed by atoms with Crippen LogP contribution in [-0.2, 0) is 22.9 Å². The summed E-state index contributed by atoms with van der Waals surface area (Å²) in [5.74, 6) is 1.17. The molecule has 0 radical (unpaired) electrons. The van der Waals surface area contributed by atoms with Crippen molar-refractivity contribution in [3.05, 3.63) is 72.6 Å². The Kier molecular flexibility index (Phi) is 12.8. The molecule has 44 heavy (non-hydrogen) atoms. The van der Waals surface area contributed by atoms with Gasteiger partial charge in [-0.15, -0.1) is 0 Å². The van der Waals surface area contributed by atoms with Crippen molar-refractivity contribution in [1.82, 2.24) is 29.5 Å². The van der Waals surface area contributed by atoms with Gasteiger partial charge in [-0.05, 0) is 36.4 Å². The number of anilines is 4. The summed E-state index contributed by atoms with van der Waals surface area (Å²) in [6.45, 7) is 16.0. The molecular weight excluding hydrogens is 589 g/mol. The maximum absolute atomic E-state index is 9.20. The molecule has 4 rings (SSSR count). The predicted octanol–water partition coefficient (Wildman–Crippen LogP) is 6.41. The molecule has 12 nitrogen and oxygen atoms in total. The molecule has 0 amide bonds. The quantitative estimate of drug-likeness (QED) is 0.118. The van der Waals surface area contributed by atoms with E-state index in [1.54, 1.807) is 46.5 Å². The van der Waals surface area contributed by atoms with Gasteiger partial charge >= 0.3 is 0 Å². The SMILES string of the molecule is C[Si](C)(C)CCOCn1cc(C#N)c(Nc2ccncc2)n1.C[Si](C)(C)CCOCn1ncc(C#N)c1Nc1ccncc1. The topological polar surface area (TPSA) is 152 Å². The minimum atomic E-state index is -1.10. The number of hydrogen-bond acceptors (Lipinski definition) is 10. The average Bonchev–Trinajstić information content (AvgIpc) is 3.56. The number of nitriles is 2. The maximum Gasteiger partial charge on any atom is 0.170 e. The van der Waals surface area contributed by atoms with Crippen LogP contribution >= 0.6 is 0 Å². The Labute approximate surface area is 261 Å². The van der Waals surface area contributed by atoms with Gasteiger partial charge in [-0.1, -0.05) is 39.3 Å². The number of nitrogens with one attached hydrogen (secondary N) is 2. The number of ether oxygens (including phenoxy) is 2. The molecule has 4 aromatic rings. The lowest BCUT2D eigenvalue weighted by Crippen LogP contribution is -2.22. The number of pyridine rings is 2. The number of aromatic nitrogens is 6. The van der Waals surface area contributed by atoms with Gasteiger partial charge in [0.15, 0.2) is 5.82 Å². The van der Waals surface area contributed by atoms with Crippen LogP contribution in [-0.4, -0.2) is 58.9 Å². The van der Waals surface area contributed by atoms with E-state index in [2.05, 4.69) is 82.2 Å². The summed E-state index contributed by atoms with van der Waals surface area (Å²) in [5.41, 5.74) is 2.68. The second-order valence-corrected chi connectivity index (χ2v) is 23.7. The predicted molar refractivity (Wildman–Crippen MR) is 177 cm³/mol. The Hall–Kier alpha value is -4.35. The van der Waals surface area contributed by atoms with Crippen molar-refractivity contribution in [2.75, 3.05) is 23.8 Å². The smallest absolute Gasteiger partial charge is 0.170 e. The fraction of sp³-hybridized carbons (Fsp3) is 0.400. The lowest BCUT2D eigenvalue weighted by Gasteiger charge is -2.16. The highest BCUT2D eigenvalue weighted by Crippen LogP contribution is 2.21. The highest BCUT2D eigenvalue weighted by atomic mass is 28.3. The van der Waals surface area contributed by atoms with Gasteiger partial charge in [0.25, 0.3) is 0 Å². The highest BCUT2D eigenvalue weighted by molar-refractivity contribution is 6.76. The van der Waals surface area contributed by atoms with Gasteiger partial charge in [-0.25, -0.2) is 9.36 Å². The molecule has 0 atom stereocenters. The lowest BCUT2D eigenvalue weighted by molar-refractivity contribution is 0.0787. The van der Waals surface area contributed by atoms with Crippen LogP contribution in [0.4, 0.5) is 23.0 Å². The van der Waals surface area contributed by atoms with Crippen molar-refractivity contribution in [2.45, 2.75) is 64.8 Å². The molecule has 4 aromatic heterocycles. The van der Waals surface area contributed by atoms with Crippen molar-refractivity contribution >= 4 is 39.2 Å². The Morgan fingerprint density at radius 2 is 1.27 bits per heavy atom. The second kappa shape index (κ2) is 16.5. The van der Waals surface area contributed by atoms with Gasteiger partial charge in [-0.2, -0.15) is 20.7 Å². The highest BCUT2D eigenvalue weighted by Gasteiger charge is 2.15. The van der Waals surface area contributed by atoms with E-state index in [4.69, 9.17) is 9.47 Å². The Morgan fingerprint density at radius 3 is 1.80 bits per heavy atom. The number of nitrogens with zero attached hydrogens (tertiary/aromatic N) is 8. The van der Waals surface area contributed by atoms with Crippen molar-refractivity contribution in [2.24, 2.45) is 0 Å². The summed E-state index contributed by atoms with van der Waals surface area (Å²) in [7, 11) is -2.19. The number of rotatable bonds is 14. The molecule has 0 unspecified atom stereocenters. The first kappa shape index (κ1) is 34.1. The Balaban J connectivity index is 0.000000240. The first-order valence-corrected chi connectivity index (χ1v) is 21.8. The third-order valence-electron chi connectivity index (χ3n) is 6.16. The minimum absolute atomic E-state index is 0.333. The molecule has 0 aliphatic carbocycles. The van der Waals surface area contributed by atoms with Crippen molar-refractivity contribution < 1.29 is 9.47 Å². The van der Waals surface area contributed by atoms with Crippen molar-refractivity contribution in [3.63, 3.8) is 0 Å². The van der Waals surface area contributed by atoms with E-state index in [1.807, 2.05) is 24.3 Å². The van der Waals surface area contributed by atoms with Gasteiger partial charge in [0.1, 0.15) is 42.5 Å².